The molecule has 1 unspecified atom stereocenters. The third kappa shape index (κ3) is 4.43. The summed E-state index contributed by atoms with van der Waals surface area (Å²) >= 11 is 0. The monoisotopic (exact) mass is 539 g/mol. The third-order valence-electron chi connectivity index (χ3n) is 6.97. The van der Waals surface area contributed by atoms with Crippen molar-refractivity contribution in [2.24, 2.45) is 0 Å². The van der Waals surface area contributed by atoms with Crippen LogP contribution in [-0.4, -0.2) is 30.1 Å². The molecule has 3 N–H and O–H groups in total. The lowest BCUT2D eigenvalue weighted by Gasteiger charge is -2.16. The van der Waals surface area contributed by atoms with Crippen molar-refractivity contribution in [1.82, 2.24) is 19.3 Å². The summed E-state index contributed by atoms with van der Waals surface area (Å²) in [5.74, 6) is 0.0599. The van der Waals surface area contributed by atoms with Crippen LogP contribution >= 0.6 is 0 Å². The first-order chi connectivity index (χ1) is 18.9. The smallest absolute Gasteiger partial charge is 0.267 e. The second kappa shape index (κ2) is 9.64. The summed E-state index contributed by atoms with van der Waals surface area (Å²) in [4.78, 5) is 22.1. The Morgan fingerprint density at radius 1 is 1.00 bits per heavy atom. The molecule has 1 aliphatic rings. The van der Waals surface area contributed by atoms with Gasteiger partial charge < -0.3 is 10.5 Å². The number of fused-ring (bicyclic) bond motifs is 2. The molecule has 0 radical (unpaired) electrons. The quantitative estimate of drug-likeness (QED) is 0.334. The number of aromatic nitrogens is 3. The summed E-state index contributed by atoms with van der Waals surface area (Å²) in [6, 6.07) is 23.1. The zero-order chi connectivity index (χ0) is 27.1. The van der Waals surface area contributed by atoms with Crippen LogP contribution in [0.5, 0.6) is 5.88 Å². The van der Waals surface area contributed by atoms with Crippen LogP contribution in [0, 0.1) is 0 Å². The molecule has 2 heterocycles. The molecule has 3 aromatic carbocycles. The van der Waals surface area contributed by atoms with E-state index in [-0.39, 0.29) is 28.3 Å². The number of hydrogen-bond acceptors (Lipinski definition) is 7. The Balaban J connectivity index is 1.42. The molecular weight excluding hydrogens is 514 g/mol. The van der Waals surface area contributed by atoms with Crippen LogP contribution in [0.25, 0.3) is 27.7 Å². The molecule has 5 aromatic rings. The highest BCUT2D eigenvalue weighted by Gasteiger charge is 2.30. The highest BCUT2D eigenvalue weighted by atomic mass is 32.2. The Morgan fingerprint density at radius 2 is 1.77 bits per heavy atom. The predicted molar refractivity (Wildman–Crippen MR) is 149 cm³/mol. The van der Waals surface area contributed by atoms with Gasteiger partial charge in [-0.3, -0.25) is 4.79 Å². The van der Waals surface area contributed by atoms with Crippen molar-refractivity contribution < 1.29 is 13.2 Å². The van der Waals surface area contributed by atoms with Crippen molar-refractivity contribution in [3.05, 3.63) is 107 Å². The molecule has 0 aliphatic heterocycles. The van der Waals surface area contributed by atoms with Gasteiger partial charge >= 0.3 is 0 Å². The summed E-state index contributed by atoms with van der Waals surface area (Å²) in [5, 5.41) is 0.339. The molecule has 39 heavy (non-hydrogen) atoms. The fourth-order valence-corrected chi connectivity index (χ4v) is 6.47. The van der Waals surface area contributed by atoms with Crippen LogP contribution in [0.15, 0.2) is 94.7 Å². The topological polar surface area (TPSA) is 129 Å². The van der Waals surface area contributed by atoms with Crippen molar-refractivity contribution >= 4 is 26.9 Å². The van der Waals surface area contributed by atoms with E-state index in [1.165, 1.54) is 23.9 Å². The fraction of sp³-hybridized carbons (Fsp3) is 0.138. The highest BCUT2D eigenvalue weighted by molar-refractivity contribution is 7.89. The van der Waals surface area contributed by atoms with Gasteiger partial charge in [-0.1, -0.05) is 48.5 Å². The molecule has 0 spiro atoms. The molecule has 0 bridgehead atoms. The molecular formula is C29H25N5O4S. The zero-order valence-electron chi connectivity index (χ0n) is 21.0. The van der Waals surface area contributed by atoms with Crippen LogP contribution in [0.4, 0.5) is 5.95 Å². The van der Waals surface area contributed by atoms with Crippen molar-refractivity contribution in [3.8, 4) is 22.7 Å². The predicted octanol–water partition coefficient (Wildman–Crippen LogP) is 4.00. The van der Waals surface area contributed by atoms with Crippen molar-refractivity contribution in [3.63, 3.8) is 0 Å². The molecule has 0 fully saturated rings. The summed E-state index contributed by atoms with van der Waals surface area (Å²) in [6.07, 6.45) is 2.99. The molecule has 196 valence electrons. The van der Waals surface area contributed by atoms with Gasteiger partial charge in [0.1, 0.15) is 4.90 Å². The number of sulfonamides is 1. The standard InChI is InChI=1S/C29H25N5O4S/c1-38-27-26(39(36,37)33-25-14-11-18-7-5-6-10-22(18)25)16-20(17-31-27)19-12-13-24-23(15-19)28(35)34(29(30)32-24)21-8-3-2-4-9-21/h2-10,12-13,15-17,25,33H,11,14H2,1H3,(H2,30,32). The molecule has 1 aliphatic carbocycles. The van der Waals surface area contributed by atoms with Gasteiger partial charge in [-0.2, -0.15) is 0 Å². The van der Waals surface area contributed by atoms with Crippen LogP contribution in [-0.2, 0) is 16.4 Å². The molecule has 0 saturated heterocycles. The summed E-state index contributed by atoms with van der Waals surface area (Å²) in [5.41, 5.74) is 10.0. The highest BCUT2D eigenvalue weighted by Crippen LogP contribution is 2.34. The second-order valence-corrected chi connectivity index (χ2v) is 11.0. The first-order valence-electron chi connectivity index (χ1n) is 12.4. The maximum absolute atomic E-state index is 13.6. The number of pyridine rings is 1. The third-order valence-corrected chi connectivity index (χ3v) is 8.44. The zero-order valence-corrected chi connectivity index (χ0v) is 21.9. The summed E-state index contributed by atoms with van der Waals surface area (Å²) < 4.78 is 36.6. The number of nitrogens with one attached hydrogen (secondary N) is 1. The second-order valence-electron chi connectivity index (χ2n) is 9.32. The minimum Gasteiger partial charge on any atom is -0.480 e. The molecule has 0 saturated carbocycles. The SMILES string of the molecule is COc1ncc(-c2ccc3nc(N)n(-c4ccccc4)c(=O)c3c2)cc1S(=O)(=O)NC1CCc2ccccc21. The maximum atomic E-state index is 13.6. The van der Waals surface area contributed by atoms with Crippen LogP contribution in [0.3, 0.4) is 0 Å². The summed E-state index contributed by atoms with van der Waals surface area (Å²) in [7, 11) is -2.61. The number of anilines is 1. The number of nitrogens with two attached hydrogens (primary N) is 1. The van der Waals surface area contributed by atoms with Gasteiger partial charge in [0.15, 0.2) is 0 Å². The molecule has 1 atom stereocenters. The molecule has 10 heteroatoms. The Hall–Kier alpha value is -4.54. The van der Waals surface area contributed by atoms with E-state index in [2.05, 4.69) is 14.7 Å². The minimum atomic E-state index is -3.99. The lowest BCUT2D eigenvalue weighted by atomic mass is 10.1. The average molecular weight is 540 g/mol. The van der Waals surface area contributed by atoms with Crippen LogP contribution in [0.1, 0.15) is 23.6 Å². The van der Waals surface area contributed by atoms with Crippen LogP contribution in [0.2, 0.25) is 0 Å². The van der Waals surface area contributed by atoms with E-state index < -0.39 is 10.0 Å². The average Bonchev–Trinajstić information content (AvgIpc) is 3.35. The first kappa shape index (κ1) is 24.8. The lowest BCUT2D eigenvalue weighted by molar-refractivity contribution is 0.384. The number of benzene rings is 3. The van der Waals surface area contributed by atoms with E-state index in [9.17, 15) is 13.2 Å². The van der Waals surface area contributed by atoms with E-state index >= 15 is 0 Å². The molecule has 0 amide bonds. The number of aryl methyl sites for hydroxylation is 1. The normalized spacial score (nSPS) is 14.8. The Bertz CT molecular complexity index is 1890. The lowest BCUT2D eigenvalue weighted by Crippen LogP contribution is -2.28. The number of rotatable bonds is 6. The number of nitrogens with zero attached hydrogens (tertiary/aromatic N) is 3. The number of ether oxygens (including phenoxy) is 1. The van der Waals surface area contributed by atoms with Gasteiger partial charge in [-0.25, -0.2) is 27.7 Å². The Labute approximate surface area is 225 Å². The number of para-hydroxylation sites is 1. The van der Waals surface area contributed by atoms with E-state index in [1.807, 2.05) is 42.5 Å². The van der Waals surface area contributed by atoms with Gasteiger partial charge in [0.25, 0.3) is 5.56 Å². The fourth-order valence-electron chi connectivity index (χ4n) is 5.07. The van der Waals surface area contributed by atoms with Gasteiger partial charge in [0.2, 0.25) is 21.9 Å². The Kier molecular flexibility index (Phi) is 6.13. The number of hydrogen-bond donors (Lipinski definition) is 2. The van der Waals surface area contributed by atoms with Crippen molar-refractivity contribution in [2.75, 3.05) is 12.8 Å². The van der Waals surface area contributed by atoms with E-state index in [4.69, 9.17) is 10.5 Å². The van der Waals surface area contributed by atoms with E-state index in [1.54, 1.807) is 30.3 Å². The largest absolute Gasteiger partial charge is 0.480 e. The first-order valence-corrected chi connectivity index (χ1v) is 13.9. The van der Waals surface area contributed by atoms with Crippen molar-refractivity contribution in [1.29, 1.82) is 0 Å². The van der Waals surface area contributed by atoms with E-state index in [0.29, 0.717) is 34.1 Å². The van der Waals surface area contributed by atoms with Gasteiger partial charge in [0.05, 0.1) is 23.7 Å². The molecule has 6 rings (SSSR count). The summed E-state index contributed by atoms with van der Waals surface area (Å²) in [6.45, 7) is 0. The number of nitrogen functional groups attached to an aromatic ring is 1. The van der Waals surface area contributed by atoms with Crippen LogP contribution < -0.4 is 20.8 Å². The van der Waals surface area contributed by atoms with Crippen molar-refractivity contribution in [2.45, 2.75) is 23.8 Å². The minimum absolute atomic E-state index is 0.0146. The Morgan fingerprint density at radius 3 is 2.56 bits per heavy atom. The van der Waals surface area contributed by atoms with E-state index in [0.717, 1.165) is 17.5 Å². The molecule has 9 nitrogen and oxygen atoms in total. The molecule has 2 aromatic heterocycles. The maximum Gasteiger partial charge on any atom is 0.267 e. The van der Waals surface area contributed by atoms with Gasteiger partial charge in [-0.15, -0.1) is 0 Å². The number of methoxy groups -OCH3 is 1. The van der Waals surface area contributed by atoms with Gasteiger partial charge in [-0.05, 0) is 59.9 Å². The van der Waals surface area contributed by atoms with Gasteiger partial charge in [0, 0.05) is 17.8 Å².